The number of hydrogen-bond donors (Lipinski definition) is 1. The predicted octanol–water partition coefficient (Wildman–Crippen LogP) is 2.66. The summed E-state index contributed by atoms with van der Waals surface area (Å²) in [6, 6.07) is 0.461. The largest absolute Gasteiger partial charge is 0.383 e. The molecule has 5 heteroatoms. The summed E-state index contributed by atoms with van der Waals surface area (Å²) in [6.45, 7) is 5.83. The molecule has 4 nitrogen and oxygen atoms in total. The number of halogens is 1. The van der Waals surface area contributed by atoms with Gasteiger partial charge in [0.1, 0.15) is 5.82 Å². The van der Waals surface area contributed by atoms with Crippen molar-refractivity contribution in [1.82, 2.24) is 14.7 Å². The van der Waals surface area contributed by atoms with Gasteiger partial charge in [0.15, 0.2) is 0 Å². The van der Waals surface area contributed by atoms with Gasteiger partial charge in [-0.1, -0.05) is 6.92 Å². The predicted molar refractivity (Wildman–Crippen MR) is 74.0 cm³/mol. The fraction of sp³-hybridized carbons (Fsp3) is 0.750. The Labute approximate surface area is 111 Å². The van der Waals surface area contributed by atoms with Gasteiger partial charge < -0.3 is 10.6 Å². The van der Waals surface area contributed by atoms with Crippen LogP contribution in [0.5, 0.6) is 0 Å². The first-order valence-corrected chi connectivity index (χ1v) is 7.22. The molecule has 0 bridgehead atoms. The van der Waals surface area contributed by atoms with E-state index in [2.05, 4.69) is 32.9 Å². The van der Waals surface area contributed by atoms with E-state index in [9.17, 15) is 0 Å². The van der Waals surface area contributed by atoms with Gasteiger partial charge in [0.2, 0.25) is 0 Å². The van der Waals surface area contributed by atoms with Crippen LogP contribution in [0.15, 0.2) is 10.7 Å². The second kappa shape index (κ2) is 5.87. The third-order valence-corrected chi connectivity index (χ3v) is 4.07. The monoisotopic (exact) mass is 300 g/mol. The molecule has 1 unspecified atom stereocenters. The van der Waals surface area contributed by atoms with Crippen molar-refractivity contribution in [3.8, 4) is 0 Å². The molecule has 1 atom stereocenters. The number of likely N-dealkylation sites (tertiary alicyclic amines) is 1. The Bertz CT molecular complexity index is 363. The summed E-state index contributed by atoms with van der Waals surface area (Å²) in [6.07, 6.45) is 6.60. The molecular weight excluding hydrogens is 280 g/mol. The highest BCUT2D eigenvalue weighted by Crippen LogP contribution is 2.28. The van der Waals surface area contributed by atoms with E-state index in [1.54, 1.807) is 6.20 Å². The van der Waals surface area contributed by atoms with Crippen molar-refractivity contribution in [1.29, 1.82) is 0 Å². The summed E-state index contributed by atoms with van der Waals surface area (Å²) in [7, 11) is 0. The molecule has 1 aliphatic rings. The van der Waals surface area contributed by atoms with Crippen LogP contribution in [0.2, 0.25) is 0 Å². The molecule has 1 fully saturated rings. The highest BCUT2D eigenvalue weighted by molar-refractivity contribution is 9.10. The number of aromatic nitrogens is 2. The first-order valence-electron chi connectivity index (χ1n) is 6.43. The number of nitrogens with two attached hydrogens (primary N) is 1. The van der Waals surface area contributed by atoms with E-state index in [0.29, 0.717) is 6.04 Å². The van der Waals surface area contributed by atoms with Crippen LogP contribution in [0.4, 0.5) is 5.82 Å². The average Bonchev–Trinajstić information content (AvgIpc) is 2.55. The van der Waals surface area contributed by atoms with Crippen molar-refractivity contribution in [2.45, 2.75) is 38.6 Å². The van der Waals surface area contributed by atoms with Gasteiger partial charge in [0.25, 0.3) is 0 Å². The second-order valence-electron chi connectivity index (χ2n) is 4.75. The van der Waals surface area contributed by atoms with Crippen LogP contribution in [0.1, 0.15) is 38.6 Å². The molecular formula is C12H21BrN4. The van der Waals surface area contributed by atoms with Crippen LogP contribution >= 0.6 is 15.9 Å². The topological polar surface area (TPSA) is 47.1 Å². The Kier molecular flexibility index (Phi) is 4.45. The van der Waals surface area contributed by atoms with Crippen LogP contribution in [-0.2, 0) is 0 Å². The van der Waals surface area contributed by atoms with E-state index >= 15 is 0 Å². The summed E-state index contributed by atoms with van der Waals surface area (Å²) < 4.78 is 2.90. The van der Waals surface area contributed by atoms with Crippen LogP contribution in [-0.4, -0.2) is 34.3 Å². The fourth-order valence-corrected chi connectivity index (χ4v) is 2.84. The SMILES string of the molecule is CCCN1CCCC(n2ncc(Br)c2N)CC1. The molecule has 2 heterocycles. The van der Waals surface area contributed by atoms with Crippen molar-refractivity contribution in [2.24, 2.45) is 0 Å². The quantitative estimate of drug-likeness (QED) is 0.933. The van der Waals surface area contributed by atoms with Crippen molar-refractivity contribution in [3.63, 3.8) is 0 Å². The van der Waals surface area contributed by atoms with Crippen molar-refractivity contribution in [2.75, 3.05) is 25.4 Å². The van der Waals surface area contributed by atoms with Gasteiger partial charge in [-0.3, -0.25) is 0 Å². The zero-order chi connectivity index (χ0) is 12.3. The van der Waals surface area contributed by atoms with Crippen molar-refractivity contribution >= 4 is 21.7 Å². The van der Waals surface area contributed by atoms with E-state index in [-0.39, 0.29) is 0 Å². The standard InChI is InChI=1S/C12H21BrN4/c1-2-6-16-7-3-4-10(5-8-16)17-12(14)11(13)9-15-17/h9-10H,2-8,14H2,1H3. The molecule has 0 radical (unpaired) electrons. The fourth-order valence-electron chi connectivity index (χ4n) is 2.56. The maximum absolute atomic E-state index is 6.02. The Balaban J connectivity index is 2.01. The maximum Gasteiger partial charge on any atom is 0.136 e. The lowest BCUT2D eigenvalue weighted by molar-refractivity contribution is 0.280. The number of nitrogen functional groups attached to an aromatic ring is 1. The van der Waals surface area contributed by atoms with E-state index in [0.717, 1.165) is 23.3 Å². The van der Waals surface area contributed by atoms with Crippen molar-refractivity contribution < 1.29 is 0 Å². The zero-order valence-electron chi connectivity index (χ0n) is 10.4. The third-order valence-electron chi connectivity index (χ3n) is 3.46. The summed E-state index contributed by atoms with van der Waals surface area (Å²) in [5, 5.41) is 4.38. The summed E-state index contributed by atoms with van der Waals surface area (Å²) in [5.74, 6) is 0.763. The molecule has 0 saturated carbocycles. The number of nitrogens with zero attached hydrogens (tertiary/aromatic N) is 3. The van der Waals surface area contributed by atoms with Crippen LogP contribution in [0.3, 0.4) is 0 Å². The lowest BCUT2D eigenvalue weighted by Crippen LogP contribution is -2.25. The Hall–Kier alpha value is -0.550. The minimum absolute atomic E-state index is 0.461. The summed E-state index contributed by atoms with van der Waals surface area (Å²) in [5.41, 5.74) is 6.02. The molecule has 2 rings (SSSR count). The average molecular weight is 301 g/mol. The summed E-state index contributed by atoms with van der Waals surface area (Å²) >= 11 is 3.42. The zero-order valence-corrected chi connectivity index (χ0v) is 12.0. The van der Waals surface area contributed by atoms with Gasteiger partial charge in [-0.25, -0.2) is 4.68 Å². The Morgan fingerprint density at radius 2 is 2.29 bits per heavy atom. The van der Waals surface area contributed by atoms with E-state index in [1.165, 1.54) is 32.4 Å². The van der Waals surface area contributed by atoms with Gasteiger partial charge in [-0.2, -0.15) is 5.10 Å². The highest BCUT2D eigenvalue weighted by atomic mass is 79.9. The van der Waals surface area contributed by atoms with Gasteiger partial charge >= 0.3 is 0 Å². The van der Waals surface area contributed by atoms with E-state index < -0.39 is 0 Å². The summed E-state index contributed by atoms with van der Waals surface area (Å²) in [4.78, 5) is 2.55. The number of rotatable bonds is 3. The van der Waals surface area contributed by atoms with Crippen LogP contribution < -0.4 is 5.73 Å². The highest BCUT2D eigenvalue weighted by Gasteiger charge is 2.20. The molecule has 0 aliphatic carbocycles. The molecule has 1 aliphatic heterocycles. The van der Waals surface area contributed by atoms with Gasteiger partial charge in [0.05, 0.1) is 16.7 Å². The van der Waals surface area contributed by atoms with Crippen molar-refractivity contribution in [3.05, 3.63) is 10.7 Å². The van der Waals surface area contributed by atoms with Crippen LogP contribution in [0.25, 0.3) is 0 Å². The number of hydrogen-bond acceptors (Lipinski definition) is 3. The minimum Gasteiger partial charge on any atom is -0.383 e. The Morgan fingerprint density at radius 1 is 1.47 bits per heavy atom. The molecule has 1 aromatic rings. The third kappa shape index (κ3) is 3.01. The molecule has 2 N–H and O–H groups in total. The van der Waals surface area contributed by atoms with Gasteiger partial charge in [-0.05, 0) is 54.7 Å². The van der Waals surface area contributed by atoms with Crippen LogP contribution in [0, 0.1) is 0 Å². The van der Waals surface area contributed by atoms with Gasteiger partial charge in [0, 0.05) is 6.54 Å². The molecule has 0 spiro atoms. The molecule has 96 valence electrons. The minimum atomic E-state index is 0.461. The first kappa shape index (κ1) is 12.9. The van der Waals surface area contributed by atoms with E-state index in [1.807, 2.05) is 4.68 Å². The lowest BCUT2D eigenvalue weighted by atomic mass is 10.1. The molecule has 0 aromatic carbocycles. The first-order chi connectivity index (χ1) is 8.22. The number of anilines is 1. The van der Waals surface area contributed by atoms with E-state index in [4.69, 9.17) is 5.73 Å². The maximum atomic E-state index is 6.02. The molecule has 1 aromatic heterocycles. The lowest BCUT2D eigenvalue weighted by Gasteiger charge is -2.19. The smallest absolute Gasteiger partial charge is 0.136 e. The molecule has 17 heavy (non-hydrogen) atoms. The normalized spacial score (nSPS) is 22.6. The molecule has 1 saturated heterocycles. The van der Waals surface area contributed by atoms with Gasteiger partial charge in [-0.15, -0.1) is 0 Å². The molecule has 0 amide bonds. The Morgan fingerprint density at radius 3 is 2.94 bits per heavy atom. The second-order valence-corrected chi connectivity index (χ2v) is 5.60.